The minimum absolute atomic E-state index is 0.449. The van der Waals surface area contributed by atoms with Crippen LogP contribution in [0.4, 0.5) is 0 Å². The summed E-state index contributed by atoms with van der Waals surface area (Å²) in [4.78, 5) is 11.4. The van der Waals surface area contributed by atoms with Gasteiger partial charge in [-0.2, -0.15) is 0 Å². The predicted octanol–water partition coefficient (Wildman–Crippen LogP) is 2.95. The molecule has 0 aromatic heterocycles. The Hall–Kier alpha value is -1.29. The third kappa shape index (κ3) is 3.38. The Morgan fingerprint density at radius 2 is 1.94 bits per heavy atom. The Morgan fingerprint density at radius 1 is 1.38 bits per heavy atom. The highest BCUT2D eigenvalue weighted by molar-refractivity contribution is 9.10. The molecule has 0 aliphatic heterocycles. The van der Waals surface area contributed by atoms with Gasteiger partial charge in [-0.15, -0.1) is 0 Å². The molecular weight excluding hydrogens is 272 g/mol. The van der Waals surface area contributed by atoms with Crippen molar-refractivity contribution in [3.8, 4) is 5.75 Å². The normalized spacial score (nSPS) is 11.7. The molecule has 0 spiro atoms. The lowest BCUT2D eigenvalue weighted by atomic mass is 10.2. The number of hydrogen-bond acceptors (Lipinski definition) is 3. The molecule has 0 radical (unpaired) electrons. The molecule has 3 nitrogen and oxygen atoms in total. The fourth-order valence-electron chi connectivity index (χ4n) is 1.11. The van der Waals surface area contributed by atoms with Crippen LogP contribution in [-0.4, -0.2) is 19.2 Å². The molecule has 0 saturated carbocycles. The first-order valence-electron chi connectivity index (χ1n) is 4.70. The average molecular weight is 285 g/mol. The van der Waals surface area contributed by atoms with Gasteiger partial charge in [0, 0.05) is 4.47 Å². The highest BCUT2D eigenvalue weighted by Crippen LogP contribution is 2.19. The van der Waals surface area contributed by atoms with Gasteiger partial charge in [-0.05, 0) is 36.8 Å². The Morgan fingerprint density at radius 3 is 2.38 bits per heavy atom. The van der Waals surface area contributed by atoms with Crippen molar-refractivity contribution in [2.45, 2.75) is 13.0 Å². The van der Waals surface area contributed by atoms with Crippen LogP contribution in [0.3, 0.4) is 0 Å². The SMILES string of the molecule is C=C(C)C(Oc1ccc(Br)cc1)C(=O)OC. The zero-order chi connectivity index (χ0) is 12.1. The number of carbonyl (C=O) groups excluding carboxylic acids is 1. The van der Waals surface area contributed by atoms with E-state index in [0.717, 1.165) is 4.47 Å². The van der Waals surface area contributed by atoms with Crippen molar-refractivity contribution in [3.63, 3.8) is 0 Å². The van der Waals surface area contributed by atoms with E-state index in [1.54, 1.807) is 19.1 Å². The fourth-order valence-corrected chi connectivity index (χ4v) is 1.37. The molecular formula is C12H13BrO3. The van der Waals surface area contributed by atoms with Gasteiger partial charge < -0.3 is 9.47 Å². The van der Waals surface area contributed by atoms with Crippen molar-refractivity contribution in [1.82, 2.24) is 0 Å². The van der Waals surface area contributed by atoms with E-state index >= 15 is 0 Å². The molecule has 0 aliphatic carbocycles. The van der Waals surface area contributed by atoms with Gasteiger partial charge in [-0.25, -0.2) is 4.79 Å². The number of rotatable bonds is 4. The Kier molecular flexibility index (Phi) is 4.55. The van der Waals surface area contributed by atoms with Crippen molar-refractivity contribution >= 4 is 21.9 Å². The Labute approximate surface area is 103 Å². The van der Waals surface area contributed by atoms with E-state index in [1.165, 1.54) is 7.11 Å². The highest BCUT2D eigenvalue weighted by atomic mass is 79.9. The lowest BCUT2D eigenvalue weighted by Gasteiger charge is -2.16. The number of carbonyl (C=O) groups is 1. The van der Waals surface area contributed by atoms with E-state index in [1.807, 2.05) is 12.1 Å². The lowest BCUT2D eigenvalue weighted by Crippen LogP contribution is -2.29. The van der Waals surface area contributed by atoms with Gasteiger partial charge in [0.2, 0.25) is 6.10 Å². The van der Waals surface area contributed by atoms with Gasteiger partial charge in [0.15, 0.2) is 0 Å². The number of halogens is 1. The number of esters is 1. The Balaban J connectivity index is 2.80. The van der Waals surface area contributed by atoms with Crippen LogP contribution in [0.5, 0.6) is 5.75 Å². The average Bonchev–Trinajstić information content (AvgIpc) is 2.27. The number of methoxy groups -OCH3 is 1. The molecule has 0 heterocycles. The second-order valence-electron chi connectivity index (χ2n) is 3.32. The minimum Gasteiger partial charge on any atom is -0.474 e. The number of ether oxygens (including phenoxy) is 2. The van der Waals surface area contributed by atoms with Gasteiger partial charge in [0.25, 0.3) is 0 Å². The molecule has 0 saturated heterocycles. The standard InChI is InChI=1S/C12H13BrO3/c1-8(2)11(12(14)15-3)16-10-6-4-9(13)5-7-10/h4-7,11H,1H2,2-3H3. The van der Waals surface area contributed by atoms with Crippen molar-refractivity contribution in [1.29, 1.82) is 0 Å². The zero-order valence-electron chi connectivity index (χ0n) is 9.20. The fraction of sp³-hybridized carbons (Fsp3) is 0.250. The maximum absolute atomic E-state index is 11.4. The first kappa shape index (κ1) is 12.8. The summed E-state index contributed by atoms with van der Waals surface area (Å²) in [5.41, 5.74) is 0.606. The van der Waals surface area contributed by atoms with Crippen molar-refractivity contribution < 1.29 is 14.3 Å². The molecule has 0 N–H and O–H groups in total. The van der Waals surface area contributed by atoms with E-state index in [4.69, 9.17) is 4.74 Å². The molecule has 1 aromatic rings. The van der Waals surface area contributed by atoms with Crippen molar-refractivity contribution in [2.24, 2.45) is 0 Å². The van der Waals surface area contributed by atoms with Gasteiger partial charge in [-0.1, -0.05) is 22.5 Å². The molecule has 0 aliphatic rings. The highest BCUT2D eigenvalue weighted by Gasteiger charge is 2.21. The van der Waals surface area contributed by atoms with Crippen LogP contribution in [-0.2, 0) is 9.53 Å². The van der Waals surface area contributed by atoms with Crippen LogP contribution in [0.25, 0.3) is 0 Å². The largest absolute Gasteiger partial charge is 0.474 e. The molecule has 0 bridgehead atoms. The Bertz CT molecular complexity index is 384. The molecule has 0 fully saturated rings. The summed E-state index contributed by atoms with van der Waals surface area (Å²) in [6.45, 7) is 5.43. The molecule has 0 amide bonds. The summed E-state index contributed by atoms with van der Waals surface area (Å²) in [6.07, 6.45) is -0.758. The maximum atomic E-state index is 11.4. The number of hydrogen-bond donors (Lipinski definition) is 0. The summed E-state index contributed by atoms with van der Waals surface area (Å²) >= 11 is 3.32. The smallest absolute Gasteiger partial charge is 0.351 e. The first-order chi connectivity index (χ1) is 7.54. The van der Waals surface area contributed by atoms with E-state index in [0.29, 0.717) is 11.3 Å². The van der Waals surface area contributed by atoms with Crippen molar-refractivity contribution in [2.75, 3.05) is 7.11 Å². The van der Waals surface area contributed by atoms with Crippen LogP contribution >= 0.6 is 15.9 Å². The third-order valence-corrected chi connectivity index (χ3v) is 2.46. The first-order valence-corrected chi connectivity index (χ1v) is 5.49. The van der Waals surface area contributed by atoms with Gasteiger partial charge in [-0.3, -0.25) is 0 Å². The maximum Gasteiger partial charge on any atom is 0.351 e. The number of benzene rings is 1. The van der Waals surface area contributed by atoms with Gasteiger partial charge in [0.1, 0.15) is 5.75 Å². The van der Waals surface area contributed by atoms with Crippen LogP contribution in [0.1, 0.15) is 6.92 Å². The second kappa shape index (κ2) is 5.70. The summed E-state index contributed by atoms with van der Waals surface area (Å²) in [5, 5.41) is 0. The second-order valence-corrected chi connectivity index (χ2v) is 4.24. The third-order valence-electron chi connectivity index (χ3n) is 1.93. The van der Waals surface area contributed by atoms with Crippen LogP contribution in [0.2, 0.25) is 0 Å². The monoisotopic (exact) mass is 284 g/mol. The van der Waals surface area contributed by atoms with E-state index in [2.05, 4.69) is 27.2 Å². The molecule has 86 valence electrons. The van der Waals surface area contributed by atoms with Gasteiger partial charge in [0.05, 0.1) is 7.11 Å². The van der Waals surface area contributed by atoms with Crippen molar-refractivity contribution in [3.05, 3.63) is 40.9 Å². The van der Waals surface area contributed by atoms with E-state index < -0.39 is 12.1 Å². The van der Waals surface area contributed by atoms with E-state index in [-0.39, 0.29) is 0 Å². The summed E-state index contributed by atoms with van der Waals surface area (Å²) in [5.74, 6) is 0.150. The molecule has 1 atom stereocenters. The minimum atomic E-state index is -0.758. The molecule has 1 unspecified atom stereocenters. The quantitative estimate of drug-likeness (QED) is 0.630. The molecule has 16 heavy (non-hydrogen) atoms. The zero-order valence-corrected chi connectivity index (χ0v) is 10.8. The van der Waals surface area contributed by atoms with Crippen LogP contribution in [0, 0.1) is 0 Å². The van der Waals surface area contributed by atoms with Crippen LogP contribution < -0.4 is 4.74 Å². The van der Waals surface area contributed by atoms with Crippen LogP contribution in [0.15, 0.2) is 40.9 Å². The summed E-state index contributed by atoms with van der Waals surface area (Å²) in [6, 6.07) is 7.20. The summed E-state index contributed by atoms with van der Waals surface area (Å²) < 4.78 is 11.1. The predicted molar refractivity (Wildman–Crippen MR) is 65.4 cm³/mol. The topological polar surface area (TPSA) is 35.5 Å². The lowest BCUT2D eigenvalue weighted by molar-refractivity contribution is -0.146. The van der Waals surface area contributed by atoms with E-state index in [9.17, 15) is 4.79 Å². The molecule has 4 heteroatoms. The summed E-state index contributed by atoms with van der Waals surface area (Å²) in [7, 11) is 1.32. The van der Waals surface area contributed by atoms with Gasteiger partial charge >= 0.3 is 5.97 Å². The molecule has 1 aromatic carbocycles. The molecule has 1 rings (SSSR count).